The summed E-state index contributed by atoms with van der Waals surface area (Å²) in [5, 5.41) is 11.4. The fraction of sp³-hybridized carbons (Fsp3) is 0.238. The molecular formula is C21H20N2O4. The van der Waals surface area contributed by atoms with Gasteiger partial charge in [0.15, 0.2) is 12.4 Å². The third kappa shape index (κ3) is 6.08. The summed E-state index contributed by atoms with van der Waals surface area (Å²) in [5.41, 5.74) is 3.29. The Morgan fingerprint density at radius 3 is 2.59 bits per heavy atom. The Kier molecular flexibility index (Phi) is 6.84. The number of nitriles is 1. The first kappa shape index (κ1) is 19.9. The third-order valence-electron chi connectivity index (χ3n) is 3.89. The molecule has 1 N–H and O–H groups in total. The molecule has 0 fully saturated rings. The van der Waals surface area contributed by atoms with Crippen molar-refractivity contribution in [1.82, 2.24) is 0 Å². The molecule has 0 atom stereocenters. The van der Waals surface area contributed by atoms with Gasteiger partial charge in [0.2, 0.25) is 0 Å². The predicted molar refractivity (Wildman–Crippen MR) is 100 cm³/mol. The van der Waals surface area contributed by atoms with Gasteiger partial charge in [0.25, 0.3) is 5.91 Å². The average molecular weight is 364 g/mol. The van der Waals surface area contributed by atoms with Crippen LogP contribution >= 0.6 is 0 Å². The van der Waals surface area contributed by atoms with Crippen molar-refractivity contribution < 1.29 is 19.1 Å². The first-order valence-corrected chi connectivity index (χ1v) is 8.45. The van der Waals surface area contributed by atoms with E-state index in [1.807, 2.05) is 32.0 Å². The van der Waals surface area contributed by atoms with Gasteiger partial charge in [-0.05, 0) is 43.7 Å². The number of ketones is 1. The van der Waals surface area contributed by atoms with Crippen molar-refractivity contribution in [3.8, 4) is 6.07 Å². The molecule has 2 aromatic rings. The Balaban J connectivity index is 1.78. The Hall–Kier alpha value is -3.46. The van der Waals surface area contributed by atoms with Crippen molar-refractivity contribution in [1.29, 1.82) is 5.26 Å². The number of carbonyl (C=O) groups excluding carboxylic acids is 3. The summed E-state index contributed by atoms with van der Waals surface area (Å²) in [6.45, 7) is 3.29. The van der Waals surface area contributed by atoms with E-state index in [0.717, 1.165) is 11.1 Å². The lowest BCUT2D eigenvalue weighted by Gasteiger charge is -2.08. The SMILES string of the molecule is Cc1ccc(C)c(C(=O)CCC(=O)OCC(=O)Nc2cccc(C#N)c2)c1. The lowest BCUT2D eigenvalue weighted by molar-refractivity contribution is -0.147. The Morgan fingerprint density at radius 1 is 1.07 bits per heavy atom. The molecule has 27 heavy (non-hydrogen) atoms. The number of nitrogens with zero attached hydrogens (tertiary/aromatic N) is 1. The highest BCUT2D eigenvalue weighted by molar-refractivity contribution is 5.99. The highest BCUT2D eigenvalue weighted by Crippen LogP contribution is 2.14. The van der Waals surface area contributed by atoms with Crippen molar-refractivity contribution in [3.63, 3.8) is 0 Å². The normalized spacial score (nSPS) is 9.96. The van der Waals surface area contributed by atoms with E-state index in [0.29, 0.717) is 16.8 Å². The van der Waals surface area contributed by atoms with Crippen LogP contribution in [0.3, 0.4) is 0 Å². The highest BCUT2D eigenvalue weighted by atomic mass is 16.5. The molecule has 6 nitrogen and oxygen atoms in total. The Bertz CT molecular complexity index is 913. The lowest BCUT2D eigenvalue weighted by atomic mass is 9.99. The maximum atomic E-state index is 12.2. The van der Waals surface area contributed by atoms with Gasteiger partial charge < -0.3 is 10.1 Å². The molecule has 0 aliphatic rings. The number of hydrogen-bond acceptors (Lipinski definition) is 5. The van der Waals surface area contributed by atoms with E-state index in [9.17, 15) is 14.4 Å². The van der Waals surface area contributed by atoms with Crippen LogP contribution in [-0.4, -0.2) is 24.3 Å². The van der Waals surface area contributed by atoms with E-state index < -0.39 is 18.5 Å². The smallest absolute Gasteiger partial charge is 0.306 e. The highest BCUT2D eigenvalue weighted by Gasteiger charge is 2.14. The number of anilines is 1. The number of aryl methyl sites for hydroxylation is 2. The largest absolute Gasteiger partial charge is 0.456 e. The molecule has 138 valence electrons. The quantitative estimate of drug-likeness (QED) is 0.600. The van der Waals surface area contributed by atoms with E-state index in [4.69, 9.17) is 10.00 Å². The van der Waals surface area contributed by atoms with Crippen LogP contribution in [0.15, 0.2) is 42.5 Å². The summed E-state index contributed by atoms with van der Waals surface area (Å²) in [6, 6.07) is 14.0. The summed E-state index contributed by atoms with van der Waals surface area (Å²) in [7, 11) is 0. The molecule has 2 aromatic carbocycles. The number of Topliss-reactive ketones (excluding diaryl/α,β-unsaturated/α-hetero) is 1. The van der Waals surface area contributed by atoms with Crippen molar-refractivity contribution in [2.75, 3.05) is 11.9 Å². The number of nitrogens with one attached hydrogen (secondary N) is 1. The second-order valence-corrected chi connectivity index (χ2v) is 6.14. The molecule has 0 aliphatic heterocycles. The number of amides is 1. The van der Waals surface area contributed by atoms with Crippen LogP contribution < -0.4 is 5.32 Å². The van der Waals surface area contributed by atoms with Crippen molar-refractivity contribution in [3.05, 3.63) is 64.7 Å². The van der Waals surface area contributed by atoms with E-state index in [2.05, 4.69) is 5.32 Å². The van der Waals surface area contributed by atoms with Crippen LogP contribution in [0.5, 0.6) is 0 Å². The minimum atomic E-state index is -0.616. The van der Waals surface area contributed by atoms with E-state index in [1.165, 1.54) is 6.07 Å². The zero-order valence-electron chi connectivity index (χ0n) is 15.2. The van der Waals surface area contributed by atoms with Crippen LogP contribution in [0.2, 0.25) is 0 Å². The second-order valence-electron chi connectivity index (χ2n) is 6.14. The van der Waals surface area contributed by atoms with Gasteiger partial charge in [-0.3, -0.25) is 14.4 Å². The van der Waals surface area contributed by atoms with Crippen LogP contribution in [0.25, 0.3) is 0 Å². The van der Waals surface area contributed by atoms with Gasteiger partial charge in [-0.1, -0.05) is 23.8 Å². The average Bonchev–Trinajstić information content (AvgIpc) is 2.66. The fourth-order valence-corrected chi connectivity index (χ4v) is 2.47. The topological polar surface area (TPSA) is 96.3 Å². The molecule has 2 rings (SSSR count). The van der Waals surface area contributed by atoms with Crippen LogP contribution in [0.4, 0.5) is 5.69 Å². The number of esters is 1. The monoisotopic (exact) mass is 364 g/mol. The minimum absolute atomic E-state index is 0.0228. The molecule has 0 saturated heterocycles. The molecule has 6 heteroatoms. The summed E-state index contributed by atoms with van der Waals surface area (Å²) >= 11 is 0. The number of rotatable bonds is 7. The molecule has 0 saturated carbocycles. The van der Waals surface area contributed by atoms with Crippen molar-refractivity contribution in [2.45, 2.75) is 26.7 Å². The summed E-state index contributed by atoms with van der Waals surface area (Å²) < 4.78 is 4.90. The molecule has 1 amide bonds. The van der Waals surface area contributed by atoms with Gasteiger partial charge in [0, 0.05) is 17.7 Å². The number of hydrogen-bond donors (Lipinski definition) is 1. The van der Waals surface area contributed by atoms with Crippen LogP contribution in [0.1, 0.15) is 39.9 Å². The summed E-state index contributed by atoms with van der Waals surface area (Å²) in [5.74, 6) is -1.26. The van der Waals surface area contributed by atoms with Crippen molar-refractivity contribution >= 4 is 23.3 Å². The molecule has 0 radical (unpaired) electrons. The van der Waals surface area contributed by atoms with Crippen LogP contribution in [0, 0.1) is 25.2 Å². The van der Waals surface area contributed by atoms with Gasteiger partial charge in [0.05, 0.1) is 18.1 Å². The molecule has 0 aliphatic carbocycles. The second kappa shape index (κ2) is 9.30. The van der Waals surface area contributed by atoms with E-state index in [-0.39, 0.29) is 18.6 Å². The molecule has 0 unspecified atom stereocenters. The predicted octanol–water partition coefficient (Wildman–Crippen LogP) is 3.32. The van der Waals surface area contributed by atoms with Gasteiger partial charge in [0.1, 0.15) is 0 Å². The standard InChI is InChI=1S/C21H20N2O4/c1-14-6-7-15(2)18(10-14)19(24)8-9-21(26)27-13-20(25)23-17-5-3-4-16(11-17)12-22/h3-7,10-11H,8-9,13H2,1-2H3,(H,23,25). The molecule has 0 bridgehead atoms. The molecule has 0 spiro atoms. The van der Waals surface area contributed by atoms with Gasteiger partial charge >= 0.3 is 5.97 Å². The number of benzene rings is 2. The van der Waals surface area contributed by atoms with Crippen molar-refractivity contribution in [2.24, 2.45) is 0 Å². The third-order valence-corrected chi connectivity index (χ3v) is 3.89. The van der Waals surface area contributed by atoms with E-state index >= 15 is 0 Å². The Labute approximate surface area is 157 Å². The summed E-state index contributed by atoms with van der Waals surface area (Å²) in [6.07, 6.45) is -0.0711. The Morgan fingerprint density at radius 2 is 1.85 bits per heavy atom. The maximum absolute atomic E-state index is 12.2. The maximum Gasteiger partial charge on any atom is 0.306 e. The first-order valence-electron chi connectivity index (χ1n) is 8.45. The zero-order chi connectivity index (χ0) is 19.8. The summed E-state index contributed by atoms with van der Waals surface area (Å²) in [4.78, 5) is 35.9. The van der Waals surface area contributed by atoms with Gasteiger partial charge in [-0.15, -0.1) is 0 Å². The lowest BCUT2D eigenvalue weighted by Crippen LogP contribution is -2.21. The van der Waals surface area contributed by atoms with Gasteiger partial charge in [-0.2, -0.15) is 5.26 Å². The minimum Gasteiger partial charge on any atom is -0.456 e. The molecule has 0 heterocycles. The molecule has 0 aromatic heterocycles. The fourth-order valence-electron chi connectivity index (χ4n) is 2.47. The zero-order valence-corrected chi connectivity index (χ0v) is 15.2. The molecular weight excluding hydrogens is 344 g/mol. The number of ether oxygens (including phenoxy) is 1. The van der Waals surface area contributed by atoms with Gasteiger partial charge in [-0.25, -0.2) is 0 Å². The van der Waals surface area contributed by atoms with E-state index in [1.54, 1.807) is 24.3 Å². The van der Waals surface area contributed by atoms with Crippen LogP contribution in [-0.2, 0) is 14.3 Å². The number of carbonyl (C=O) groups is 3. The first-order chi connectivity index (χ1) is 12.9.